The molecule has 2 aliphatic rings. The third-order valence-corrected chi connectivity index (χ3v) is 3.52. The van der Waals surface area contributed by atoms with Crippen LogP contribution >= 0.6 is 0 Å². The Morgan fingerprint density at radius 2 is 1.88 bits per heavy atom. The lowest BCUT2D eigenvalue weighted by Gasteiger charge is -2.28. The van der Waals surface area contributed by atoms with Gasteiger partial charge in [-0.2, -0.15) is 0 Å². The van der Waals surface area contributed by atoms with Crippen LogP contribution in [0.15, 0.2) is 0 Å². The summed E-state index contributed by atoms with van der Waals surface area (Å²) in [6, 6.07) is 0. The van der Waals surface area contributed by atoms with Gasteiger partial charge in [0.1, 0.15) is 0 Å². The van der Waals surface area contributed by atoms with Crippen molar-refractivity contribution in [3.05, 3.63) is 0 Å². The molecule has 16 heavy (non-hydrogen) atoms. The predicted octanol–water partition coefficient (Wildman–Crippen LogP) is 0.319. The molecule has 4 nitrogen and oxygen atoms in total. The first-order chi connectivity index (χ1) is 7.95. The van der Waals surface area contributed by atoms with Crippen molar-refractivity contribution in [1.82, 2.24) is 20.9 Å². The third kappa shape index (κ3) is 4.37. The van der Waals surface area contributed by atoms with Crippen LogP contribution in [0.1, 0.15) is 32.1 Å². The highest BCUT2D eigenvalue weighted by Gasteiger charge is 2.12. The fraction of sp³-hybridized carbons (Fsp3) is 1.00. The highest BCUT2D eigenvalue weighted by molar-refractivity contribution is 4.71. The minimum absolute atomic E-state index is 0.577. The molecule has 3 N–H and O–H groups in total. The zero-order valence-electron chi connectivity index (χ0n) is 10.3. The van der Waals surface area contributed by atoms with Gasteiger partial charge in [-0.25, -0.2) is 0 Å². The molecule has 0 unspecified atom stereocenters. The number of unbranched alkanes of at least 4 members (excludes halogenated alkanes) is 1. The summed E-state index contributed by atoms with van der Waals surface area (Å²) in [7, 11) is 0. The van der Waals surface area contributed by atoms with Gasteiger partial charge in [0, 0.05) is 13.2 Å². The quantitative estimate of drug-likeness (QED) is 0.590. The Bertz CT molecular complexity index is 154. The van der Waals surface area contributed by atoms with Crippen molar-refractivity contribution in [2.75, 3.05) is 39.4 Å². The topological polar surface area (TPSA) is 39.3 Å². The number of nitrogens with one attached hydrogen (secondary N) is 3. The SMILES string of the molecule is C1CNC(CCCCN2CCCNC2)NC1. The summed E-state index contributed by atoms with van der Waals surface area (Å²) >= 11 is 0. The van der Waals surface area contributed by atoms with E-state index in [1.165, 1.54) is 64.8 Å². The van der Waals surface area contributed by atoms with Gasteiger partial charge in [-0.05, 0) is 58.3 Å². The van der Waals surface area contributed by atoms with Crippen LogP contribution < -0.4 is 16.0 Å². The number of hydrogen-bond acceptors (Lipinski definition) is 4. The van der Waals surface area contributed by atoms with Crippen molar-refractivity contribution in [3.63, 3.8) is 0 Å². The van der Waals surface area contributed by atoms with Crippen LogP contribution in [0.2, 0.25) is 0 Å². The molecule has 0 bridgehead atoms. The van der Waals surface area contributed by atoms with Gasteiger partial charge in [0.2, 0.25) is 0 Å². The van der Waals surface area contributed by atoms with Crippen molar-refractivity contribution in [1.29, 1.82) is 0 Å². The molecule has 0 spiro atoms. The highest BCUT2D eigenvalue weighted by Crippen LogP contribution is 2.04. The normalized spacial score (nSPS) is 24.8. The molecule has 2 heterocycles. The van der Waals surface area contributed by atoms with Crippen LogP contribution in [-0.2, 0) is 0 Å². The van der Waals surface area contributed by atoms with Crippen LogP contribution in [0.25, 0.3) is 0 Å². The molecule has 0 radical (unpaired) electrons. The minimum Gasteiger partial charge on any atom is -0.304 e. The molecule has 2 rings (SSSR count). The van der Waals surface area contributed by atoms with Gasteiger partial charge in [0.25, 0.3) is 0 Å². The first kappa shape index (κ1) is 12.3. The second-order valence-electron chi connectivity index (χ2n) is 4.94. The van der Waals surface area contributed by atoms with Crippen LogP contribution in [0.4, 0.5) is 0 Å². The summed E-state index contributed by atoms with van der Waals surface area (Å²) < 4.78 is 0. The summed E-state index contributed by atoms with van der Waals surface area (Å²) in [6.45, 7) is 7.22. The van der Waals surface area contributed by atoms with E-state index < -0.39 is 0 Å². The van der Waals surface area contributed by atoms with Gasteiger partial charge < -0.3 is 16.0 Å². The number of rotatable bonds is 5. The highest BCUT2D eigenvalue weighted by atomic mass is 15.2. The Labute approximate surface area is 99.2 Å². The van der Waals surface area contributed by atoms with E-state index in [1.807, 2.05) is 0 Å². The second-order valence-corrected chi connectivity index (χ2v) is 4.94. The second kappa shape index (κ2) is 7.22. The standard InChI is InChI=1S/C12H26N4/c1(5-12-14-7-3-8-15-12)2-9-16-10-4-6-13-11-16/h12-15H,1-11H2. The largest absolute Gasteiger partial charge is 0.304 e. The van der Waals surface area contributed by atoms with E-state index >= 15 is 0 Å². The molecule has 2 fully saturated rings. The Kier molecular flexibility index (Phi) is 5.55. The third-order valence-electron chi connectivity index (χ3n) is 3.52. The molecule has 0 amide bonds. The van der Waals surface area contributed by atoms with E-state index in [9.17, 15) is 0 Å². The maximum atomic E-state index is 3.52. The molecule has 0 aromatic carbocycles. The van der Waals surface area contributed by atoms with Crippen LogP contribution in [0, 0.1) is 0 Å². The summed E-state index contributed by atoms with van der Waals surface area (Å²) in [4.78, 5) is 2.53. The molecular weight excluding hydrogens is 200 g/mol. The minimum atomic E-state index is 0.577. The maximum Gasteiger partial charge on any atom is 0.0571 e. The zero-order valence-corrected chi connectivity index (χ0v) is 10.3. The van der Waals surface area contributed by atoms with E-state index in [2.05, 4.69) is 20.9 Å². The Morgan fingerprint density at radius 3 is 2.62 bits per heavy atom. The van der Waals surface area contributed by atoms with Crippen LogP contribution in [0.3, 0.4) is 0 Å². The van der Waals surface area contributed by atoms with E-state index in [0.29, 0.717) is 6.17 Å². The van der Waals surface area contributed by atoms with Crippen molar-refractivity contribution < 1.29 is 0 Å². The molecular formula is C12H26N4. The zero-order chi connectivity index (χ0) is 11.1. The fourth-order valence-electron chi connectivity index (χ4n) is 2.54. The van der Waals surface area contributed by atoms with E-state index in [-0.39, 0.29) is 0 Å². The molecule has 4 heteroatoms. The lowest BCUT2D eigenvalue weighted by Crippen LogP contribution is -2.48. The van der Waals surface area contributed by atoms with Gasteiger partial charge in [-0.3, -0.25) is 4.90 Å². The molecule has 0 aromatic heterocycles. The summed E-state index contributed by atoms with van der Waals surface area (Å²) in [5.41, 5.74) is 0. The van der Waals surface area contributed by atoms with Gasteiger partial charge >= 0.3 is 0 Å². The average molecular weight is 226 g/mol. The van der Waals surface area contributed by atoms with Gasteiger partial charge in [0.15, 0.2) is 0 Å². The van der Waals surface area contributed by atoms with Crippen molar-refractivity contribution in [2.45, 2.75) is 38.3 Å². The molecule has 2 aliphatic heterocycles. The van der Waals surface area contributed by atoms with Crippen LogP contribution in [0.5, 0.6) is 0 Å². The Hall–Kier alpha value is -0.160. The van der Waals surface area contributed by atoms with Crippen LogP contribution in [-0.4, -0.2) is 50.5 Å². The molecule has 0 saturated carbocycles. The van der Waals surface area contributed by atoms with Crippen molar-refractivity contribution >= 4 is 0 Å². The lowest BCUT2D eigenvalue weighted by atomic mass is 10.1. The summed E-state index contributed by atoms with van der Waals surface area (Å²) in [5, 5.41) is 10.5. The van der Waals surface area contributed by atoms with E-state index in [1.54, 1.807) is 0 Å². The maximum absolute atomic E-state index is 3.52. The van der Waals surface area contributed by atoms with Gasteiger partial charge in [0.05, 0.1) is 6.17 Å². The first-order valence-corrected chi connectivity index (χ1v) is 6.85. The smallest absolute Gasteiger partial charge is 0.0571 e. The number of nitrogens with zero attached hydrogens (tertiary/aromatic N) is 1. The summed E-state index contributed by atoms with van der Waals surface area (Å²) in [5.74, 6) is 0. The predicted molar refractivity (Wildman–Crippen MR) is 67.3 cm³/mol. The Balaban J connectivity index is 1.47. The molecule has 0 aliphatic carbocycles. The Morgan fingerprint density at radius 1 is 1.00 bits per heavy atom. The molecule has 0 atom stereocenters. The molecule has 0 aromatic rings. The van der Waals surface area contributed by atoms with Gasteiger partial charge in [-0.15, -0.1) is 0 Å². The van der Waals surface area contributed by atoms with Crippen molar-refractivity contribution in [3.8, 4) is 0 Å². The molecule has 94 valence electrons. The van der Waals surface area contributed by atoms with Crippen molar-refractivity contribution in [2.24, 2.45) is 0 Å². The average Bonchev–Trinajstić information content (AvgIpc) is 2.37. The van der Waals surface area contributed by atoms with E-state index in [0.717, 1.165) is 6.67 Å². The fourth-order valence-corrected chi connectivity index (χ4v) is 2.54. The summed E-state index contributed by atoms with van der Waals surface area (Å²) in [6.07, 6.45) is 7.11. The van der Waals surface area contributed by atoms with E-state index in [4.69, 9.17) is 0 Å². The lowest BCUT2D eigenvalue weighted by molar-refractivity contribution is 0.209. The first-order valence-electron chi connectivity index (χ1n) is 6.85. The van der Waals surface area contributed by atoms with Gasteiger partial charge in [-0.1, -0.05) is 0 Å². The number of hydrogen-bond donors (Lipinski definition) is 3. The molecule has 2 saturated heterocycles. The monoisotopic (exact) mass is 226 g/mol.